The molecule has 24 heavy (non-hydrogen) atoms. The Kier molecular flexibility index (Phi) is 5.65. The van der Waals surface area contributed by atoms with Crippen LogP contribution in [0.15, 0.2) is 42.7 Å². The predicted molar refractivity (Wildman–Crippen MR) is 97.6 cm³/mol. The fourth-order valence-electron chi connectivity index (χ4n) is 3.59. The van der Waals surface area contributed by atoms with Crippen LogP contribution in [0.1, 0.15) is 55.2 Å². The lowest BCUT2D eigenvalue weighted by molar-refractivity contribution is 0.283. The Hall–Kier alpha value is -2.13. The lowest BCUT2D eigenvalue weighted by Gasteiger charge is -2.16. The molecule has 0 unspecified atom stereocenters. The third kappa shape index (κ3) is 3.85. The van der Waals surface area contributed by atoms with Gasteiger partial charge in [0.05, 0.1) is 0 Å². The number of hydrogen-bond donors (Lipinski definition) is 2. The van der Waals surface area contributed by atoms with E-state index in [2.05, 4.69) is 17.1 Å². The molecular weight excluding hydrogens is 298 g/mol. The zero-order valence-electron chi connectivity index (χ0n) is 14.0. The molecule has 3 nitrogen and oxygen atoms in total. The van der Waals surface area contributed by atoms with E-state index in [9.17, 15) is 5.11 Å². The molecule has 1 heterocycles. The summed E-state index contributed by atoms with van der Waals surface area (Å²) in [6.07, 6.45) is 10.8. The number of allylic oxidation sites excluding steroid dienone is 2. The van der Waals surface area contributed by atoms with Gasteiger partial charge in [-0.25, -0.2) is 0 Å². The lowest BCUT2D eigenvalue weighted by atomic mass is 9.89. The standard InChI is InChI=1S/C21H25NO2/c23-13-3-1-2-8-21-19(17-7-5-12-22-15-17)9-4-6-16-14-18(24)10-11-20(16)21/h5,7,10-12,14-15,23-24H,1-4,6,8-9,13H2. The Labute approximate surface area is 143 Å². The van der Waals surface area contributed by atoms with Crippen LogP contribution in [-0.4, -0.2) is 21.8 Å². The van der Waals surface area contributed by atoms with E-state index < -0.39 is 0 Å². The van der Waals surface area contributed by atoms with Crippen molar-refractivity contribution < 1.29 is 10.2 Å². The topological polar surface area (TPSA) is 53.4 Å². The molecule has 3 rings (SSSR count). The minimum absolute atomic E-state index is 0.263. The van der Waals surface area contributed by atoms with Gasteiger partial charge in [0.25, 0.3) is 0 Å². The molecule has 1 aliphatic carbocycles. The second-order valence-electron chi connectivity index (χ2n) is 6.43. The summed E-state index contributed by atoms with van der Waals surface area (Å²) in [6.45, 7) is 0.263. The summed E-state index contributed by atoms with van der Waals surface area (Å²) < 4.78 is 0. The van der Waals surface area contributed by atoms with Gasteiger partial charge in [0.15, 0.2) is 0 Å². The summed E-state index contributed by atoms with van der Waals surface area (Å²) in [5, 5.41) is 18.9. The monoisotopic (exact) mass is 323 g/mol. The number of benzene rings is 1. The van der Waals surface area contributed by atoms with Crippen LogP contribution in [0.2, 0.25) is 0 Å². The fourth-order valence-corrected chi connectivity index (χ4v) is 3.59. The van der Waals surface area contributed by atoms with Crippen LogP contribution >= 0.6 is 0 Å². The van der Waals surface area contributed by atoms with Crippen LogP contribution in [-0.2, 0) is 6.42 Å². The number of fused-ring (bicyclic) bond motifs is 1. The van der Waals surface area contributed by atoms with Crippen molar-refractivity contribution in [1.82, 2.24) is 4.98 Å². The highest BCUT2D eigenvalue weighted by Crippen LogP contribution is 2.39. The van der Waals surface area contributed by atoms with Gasteiger partial charge in [-0.15, -0.1) is 0 Å². The molecule has 0 saturated heterocycles. The first kappa shape index (κ1) is 16.7. The predicted octanol–water partition coefficient (Wildman–Crippen LogP) is 4.59. The van der Waals surface area contributed by atoms with Crippen LogP contribution in [0, 0.1) is 0 Å². The van der Waals surface area contributed by atoms with Gasteiger partial charge < -0.3 is 10.2 Å². The molecule has 1 aliphatic rings. The molecule has 0 fully saturated rings. The molecule has 0 atom stereocenters. The maximum Gasteiger partial charge on any atom is 0.115 e. The van der Waals surface area contributed by atoms with Crippen molar-refractivity contribution in [2.45, 2.75) is 44.9 Å². The summed E-state index contributed by atoms with van der Waals surface area (Å²) in [5.74, 6) is 0.346. The Morgan fingerprint density at radius 1 is 1.04 bits per heavy atom. The van der Waals surface area contributed by atoms with Crippen LogP contribution in [0.4, 0.5) is 0 Å². The minimum Gasteiger partial charge on any atom is -0.508 e. The third-order valence-electron chi connectivity index (χ3n) is 4.75. The Morgan fingerprint density at radius 3 is 2.75 bits per heavy atom. The largest absolute Gasteiger partial charge is 0.508 e. The average Bonchev–Trinajstić information content (AvgIpc) is 2.78. The Bertz CT molecular complexity index is 707. The van der Waals surface area contributed by atoms with E-state index >= 15 is 0 Å². The highest BCUT2D eigenvalue weighted by atomic mass is 16.3. The highest BCUT2D eigenvalue weighted by Gasteiger charge is 2.18. The molecule has 0 saturated carbocycles. The van der Waals surface area contributed by atoms with Crippen molar-refractivity contribution in [2.75, 3.05) is 6.61 Å². The normalized spacial score (nSPS) is 14.4. The quantitative estimate of drug-likeness (QED) is 0.765. The smallest absolute Gasteiger partial charge is 0.115 e. The van der Waals surface area contributed by atoms with E-state index in [4.69, 9.17) is 5.11 Å². The number of unbranched alkanes of at least 4 members (excludes halogenated alkanes) is 2. The molecular formula is C21H25NO2. The summed E-state index contributed by atoms with van der Waals surface area (Å²) in [7, 11) is 0. The molecule has 126 valence electrons. The maximum atomic E-state index is 9.84. The summed E-state index contributed by atoms with van der Waals surface area (Å²) in [4.78, 5) is 4.30. The first-order valence-corrected chi connectivity index (χ1v) is 8.85. The van der Waals surface area contributed by atoms with Crippen molar-refractivity contribution in [2.24, 2.45) is 0 Å². The van der Waals surface area contributed by atoms with Crippen molar-refractivity contribution in [3.05, 3.63) is 59.4 Å². The number of aromatic nitrogens is 1. The second kappa shape index (κ2) is 8.11. The van der Waals surface area contributed by atoms with Gasteiger partial charge in [-0.3, -0.25) is 4.98 Å². The third-order valence-corrected chi connectivity index (χ3v) is 4.75. The van der Waals surface area contributed by atoms with E-state index in [-0.39, 0.29) is 6.61 Å². The molecule has 0 amide bonds. The molecule has 2 N–H and O–H groups in total. The molecule has 0 spiro atoms. The number of aliphatic hydroxyl groups is 1. The van der Waals surface area contributed by atoms with Gasteiger partial charge >= 0.3 is 0 Å². The number of nitrogens with zero attached hydrogens (tertiary/aromatic N) is 1. The zero-order valence-corrected chi connectivity index (χ0v) is 14.0. The van der Waals surface area contributed by atoms with E-state index in [0.29, 0.717) is 5.75 Å². The number of rotatable bonds is 6. The van der Waals surface area contributed by atoms with Crippen LogP contribution in [0.3, 0.4) is 0 Å². The van der Waals surface area contributed by atoms with Crippen LogP contribution < -0.4 is 0 Å². The maximum absolute atomic E-state index is 9.84. The van der Waals surface area contributed by atoms with E-state index in [0.717, 1.165) is 44.9 Å². The number of hydrogen-bond acceptors (Lipinski definition) is 3. The Balaban J connectivity index is 2.01. The molecule has 0 bridgehead atoms. The molecule has 0 aliphatic heterocycles. The number of aliphatic hydroxyl groups excluding tert-OH is 1. The molecule has 0 radical (unpaired) electrons. The van der Waals surface area contributed by atoms with Gasteiger partial charge in [0, 0.05) is 19.0 Å². The van der Waals surface area contributed by atoms with Gasteiger partial charge in [-0.05, 0) is 84.6 Å². The molecule has 1 aromatic carbocycles. The SMILES string of the molecule is OCCCCCC1=C(c2cccnc2)CCCc2cc(O)ccc21. The first-order valence-electron chi connectivity index (χ1n) is 8.85. The first-order chi connectivity index (χ1) is 11.8. The lowest BCUT2D eigenvalue weighted by Crippen LogP contribution is -1.95. The molecule has 3 heteroatoms. The number of phenolic OH excluding ortho intramolecular Hbond substituents is 1. The summed E-state index contributed by atoms with van der Waals surface area (Å²) >= 11 is 0. The summed E-state index contributed by atoms with van der Waals surface area (Å²) in [6, 6.07) is 9.90. The number of pyridine rings is 1. The van der Waals surface area contributed by atoms with Crippen LogP contribution in [0.5, 0.6) is 5.75 Å². The highest BCUT2D eigenvalue weighted by molar-refractivity contribution is 5.92. The van der Waals surface area contributed by atoms with Gasteiger partial charge in [0.2, 0.25) is 0 Å². The zero-order chi connectivity index (χ0) is 16.8. The van der Waals surface area contributed by atoms with Crippen molar-refractivity contribution in [3.8, 4) is 5.75 Å². The number of phenols is 1. The average molecular weight is 323 g/mol. The fraction of sp³-hybridized carbons (Fsp3) is 0.381. The van der Waals surface area contributed by atoms with E-state index in [1.54, 1.807) is 6.07 Å². The Morgan fingerprint density at radius 2 is 1.96 bits per heavy atom. The van der Waals surface area contributed by atoms with Crippen molar-refractivity contribution >= 4 is 11.1 Å². The summed E-state index contributed by atoms with van der Waals surface area (Å²) in [5.41, 5.74) is 6.49. The molecule has 1 aromatic heterocycles. The van der Waals surface area contributed by atoms with Gasteiger partial charge in [-0.1, -0.05) is 18.6 Å². The number of aromatic hydroxyl groups is 1. The van der Waals surface area contributed by atoms with Gasteiger partial charge in [0.1, 0.15) is 5.75 Å². The molecule has 2 aromatic rings. The number of aryl methyl sites for hydroxylation is 1. The van der Waals surface area contributed by atoms with Crippen molar-refractivity contribution in [3.63, 3.8) is 0 Å². The van der Waals surface area contributed by atoms with E-state index in [1.165, 1.54) is 27.8 Å². The second-order valence-corrected chi connectivity index (χ2v) is 6.43. The van der Waals surface area contributed by atoms with Crippen molar-refractivity contribution in [1.29, 1.82) is 0 Å². The van der Waals surface area contributed by atoms with Gasteiger partial charge in [-0.2, -0.15) is 0 Å². The minimum atomic E-state index is 0.263. The van der Waals surface area contributed by atoms with E-state index in [1.807, 2.05) is 24.5 Å². The van der Waals surface area contributed by atoms with Crippen LogP contribution in [0.25, 0.3) is 11.1 Å².